The monoisotopic (exact) mass is 419 g/mol. The first-order valence-corrected chi connectivity index (χ1v) is 10.7. The molecular formula is C21H30BrN3O. The molecule has 4 nitrogen and oxygen atoms in total. The molecule has 0 atom stereocenters. The van der Waals surface area contributed by atoms with Crippen LogP contribution in [0.3, 0.4) is 0 Å². The molecule has 0 amide bonds. The Balaban J connectivity index is 1.46. The Morgan fingerprint density at radius 1 is 1.15 bits per heavy atom. The normalized spacial score (nSPS) is 24.5. The number of aliphatic imine (C=N–C) groups is 1. The summed E-state index contributed by atoms with van der Waals surface area (Å²) in [7, 11) is 1.92. The van der Waals surface area contributed by atoms with E-state index < -0.39 is 0 Å². The molecule has 0 bridgehead atoms. The average molecular weight is 420 g/mol. The maximum atomic E-state index is 5.67. The minimum atomic E-state index is 0.128. The van der Waals surface area contributed by atoms with E-state index in [0.29, 0.717) is 5.41 Å². The summed E-state index contributed by atoms with van der Waals surface area (Å²) in [6.45, 7) is 4.93. The van der Waals surface area contributed by atoms with Crippen molar-refractivity contribution in [3.63, 3.8) is 0 Å². The average Bonchev–Trinajstić information content (AvgIpc) is 3.10. The summed E-state index contributed by atoms with van der Waals surface area (Å²) in [6, 6.07) is 8.84. The molecule has 0 radical (unpaired) electrons. The molecule has 5 heteroatoms. The van der Waals surface area contributed by atoms with Crippen molar-refractivity contribution in [3.05, 3.63) is 34.3 Å². The minimum Gasteiger partial charge on any atom is -0.381 e. The zero-order chi connectivity index (χ0) is 18.0. The van der Waals surface area contributed by atoms with E-state index in [-0.39, 0.29) is 5.41 Å². The lowest BCUT2D eigenvalue weighted by molar-refractivity contribution is 0.0511. The third-order valence-corrected chi connectivity index (χ3v) is 7.38. The summed E-state index contributed by atoms with van der Waals surface area (Å²) in [5.41, 5.74) is 2.13. The number of benzene rings is 1. The largest absolute Gasteiger partial charge is 0.381 e. The first-order valence-electron chi connectivity index (χ1n) is 9.94. The number of hydrogen-bond donors (Lipinski definition) is 1. The Kier molecular flexibility index (Phi) is 5.29. The van der Waals surface area contributed by atoms with E-state index in [9.17, 15) is 0 Å². The van der Waals surface area contributed by atoms with Crippen LogP contribution in [-0.4, -0.2) is 50.8 Å². The van der Waals surface area contributed by atoms with Gasteiger partial charge in [0.25, 0.3) is 0 Å². The topological polar surface area (TPSA) is 36.9 Å². The van der Waals surface area contributed by atoms with E-state index >= 15 is 0 Å². The van der Waals surface area contributed by atoms with Crippen LogP contribution < -0.4 is 5.32 Å². The quantitative estimate of drug-likeness (QED) is 0.595. The van der Waals surface area contributed by atoms with Crippen molar-refractivity contribution in [1.82, 2.24) is 10.2 Å². The zero-order valence-electron chi connectivity index (χ0n) is 15.8. The summed E-state index contributed by atoms with van der Waals surface area (Å²) < 4.78 is 6.81. The fourth-order valence-corrected chi connectivity index (χ4v) is 5.18. The molecule has 2 saturated heterocycles. The second kappa shape index (κ2) is 7.51. The molecule has 4 rings (SSSR count). The number of halogens is 1. The number of ether oxygens (including phenoxy) is 1. The van der Waals surface area contributed by atoms with Crippen LogP contribution in [0.15, 0.2) is 33.7 Å². The Morgan fingerprint density at radius 2 is 1.88 bits per heavy atom. The van der Waals surface area contributed by atoms with Gasteiger partial charge in [-0.05, 0) is 55.2 Å². The lowest BCUT2D eigenvalue weighted by Gasteiger charge is -2.40. The Bertz CT molecular complexity index is 648. The van der Waals surface area contributed by atoms with Gasteiger partial charge in [0.15, 0.2) is 5.96 Å². The number of rotatable bonds is 3. The van der Waals surface area contributed by atoms with Crippen LogP contribution in [0, 0.1) is 5.41 Å². The van der Waals surface area contributed by atoms with Crippen LogP contribution in [0.5, 0.6) is 0 Å². The molecule has 1 saturated carbocycles. The highest BCUT2D eigenvalue weighted by Crippen LogP contribution is 2.48. The summed E-state index contributed by atoms with van der Waals surface area (Å²) in [6.07, 6.45) is 7.67. The summed E-state index contributed by atoms with van der Waals surface area (Å²) in [5, 5.41) is 3.73. The van der Waals surface area contributed by atoms with Crippen molar-refractivity contribution in [2.75, 3.05) is 39.9 Å². The van der Waals surface area contributed by atoms with Crippen molar-refractivity contribution in [2.45, 2.75) is 43.9 Å². The van der Waals surface area contributed by atoms with Crippen molar-refractivity contribution in [3.8, 4) is 0 Å². The second-order valence-electron chi connectivity index (χ2n) is 8.33. The van der Waals surface area contributed by atoms with Gasteiger partial charge in [-0.2, -0.15) is 0 Å². The van der Waals surface area contributed by atoms with Gasteiger partial charge in [0.2, 0.25) is 0 Å². The third-order valence-electron chi connectivity index (χ3n) is 6.86. The van der Waals surface area contributed by atoms with E-state index in [1.165, 1.54) is 37.8 Å². The number of nitrogens with one attached hydrogen (secondary N) is 1. The van der Waals surface area contributed by atoms with E-state index in [1.54, 1.807) is 0 Å². The van der Waals surface area contributed by atoms with Gasteiger partial charge < -0.3 is 15.0 Å². The highest BCUT2D eigenvalue weighted by molar-refractivity contribution is 9.10. The Hall–Kier alpha value is -1.07. The molecule has 1 aromatic carbocycles. The van der Waals surface area contributed by atoms with E-state index in [4.69, 9.17) is 4.74 Å². The summed E-state index contributed by atoms with van der Waals surface area (Å²) in [4.78, 5) is 7.09. The molecule has 1 aliphatic carbocycles. The van der Waals surface area contributed by atoms with E-state index in [1.807, 2.05) is 7.05 Å². The maximum absolute atomic E-state index is 5.67. The van der Waals surface area contributed by atoms with Gasteiger partial charge >= 0.3 is 0 Å². The van der Waals surface area contributed by atoms with Crippen molar-refractivity contribution >= 4 is 21.9 Å². The Labute approximate surface area is 165 Å². The maximum Gasteiger partial charge on any atom is 0.193 e. The smallest absolute Gasteiger partial charge is 0.193 e. The zero-order valence-corrected chi connectivity index (χ0v) is 17.4. The van der Waals surface area contributed by atoms with Crippen molar-refractivity contribution < 1.29 is 4.74 Å². The van der Waals surface area contributed by atoms with Gasteiger partial charge in [0, 0.05) is 49.8 Å². The lowest BCUT2D eigenvalue weighted by atomic mass is 9.68. The molecule has 0 aromatic heterocycles. The lowest BCUT2D eigenvalue weighted by Crippen LogP contribution is -2.49. The van der Waals surface area contributed by atoms with Crippen molar-refractivity contribution in [2.24, 2.45) is 10.4 Å². The van der Waals surface area contributed by atoms with E-state index in [2.05, 4.69) is 55.4 Å². The molecular weight excluding hydrogens is 390 g/mol. The molecule has 142 valence electrons. The van der Waals surface area contributed by atoms with Crippen LogP contribution in [0.1, 0.15) is 44.1 Å². The molecule has 0 unspecified atom stereocenters. The molecule has 1 aromatic rings. The fraction of sp³-hybridized carbons (Fsp3) is 0.667. The van der Waals surface area contributed by atoms with E-state index in [0.717, 1.165) is 49.6 Å². The molecule has 1 spiro atoms. The summed E-state index contributed by atoms with van der Waals surface area (Å²) >= 11 is 3.56. The third kappa shape index (κ3) is 3.53. The molecule has 1 N–H and O–H groups in total. The molecule has 2 aliphatic heterocycles. The van der Waals surface area contributed by atoms with Crippen LogP contribution >= 0.6 is 15.9 Å². The Morgan fingerprint density at radius 3 is 2.46 bits per heavy atom. The molecule has 3 aliphatic rings. The standard InChI is InChI=1S/C21H30BrN3O/c1-23-19(25-12-9-20(16-25)7-2-8-20)24-15-21(10-13-26-14-11-21)17-3-5-18(22)6-4-17/h3-6H,2,7-16H2,1H3,(H,23,24). The first-order chi connectivity index (χ1) is 12.6. The van der Waals surface area contributed by atoms with Gasteiger partial charge in [0.1, 0.15) is 0 Å². The molecule has 3 fully saturated rings. The second-order valence-corrected chi connectivity index (χ2v) is 9.24. The molecule has 2 heterocycles. The number of nitrogens with zero attached hydrogens (tertiary/aromatic N) is 2. The highest BCUT2D eigenvalue weighted by atomic mass is 79.9. The van der Waals surface area contributed by atoms with Crippen LogP contribution in [-0.2, 0) is 10.2 Å². The van der Waals surface area contributed by atoms with Crippen LogP contribution in [0.25, 0.3) is 0 Å². The van der Waals surface area contributed by atoms with Crippen LogP contribution in [0.4, 0.5) is 0 Å². The number of likely N-dealkylation sites (tertiary alicyclic amines) is 1. The SMILES string of the molecule is CN=C(NCC1(c2ccc(Br)cc2)CCOCC1)N1CCC2(CCC2)C1. The van der Waals surface area contributed by atoms with Gasteiger partial charge in [-0.3, -0.25) is 4.99 Å². The van der Waals surface area contributed by atoms with Gasteiger partial charge in [-0.25, -0.2) is 0 Å². The highest BCUT2D eigenvalue weighted by Gasteiger charge is 2.44. The van der Waals surface area contributed by atoms with Gasteiger partial charge in [0.05, 0.1) is 0 Å². The minimum absolute atomic E-state index is 0.128. The summed E-state index contributed by atoms with van der Waals surface area (Å²) in [5.74, 6) is 1.08. The van der Waals surface area contributed by atoms with Gasteiger partial charge in [-0.15, -0.1) is 0 Å². The molecule has 26 heavy (non-hydrogen) atoms. The first kappa shape index (κ1) is 18.3. The number of guanidine groups is 1. The predicted molar refractivity (Wildman–Crippen MR) is 110 cm³/mol. The number of hydrogen-bond acceptors (Lipinski definition) is 2. The predicted octanol–water partition coefficient (Wildman–Crippen LogP) is 3.95. The van der Waals surface area contributed by atoms with Crippen molar-refractivity contribution in [1.29, 1.82) is 0 Å². The van der Waals surface area contributed by atoms with Crippen LogP contribution in [0.2, 0.25) is 0 Å². The van der Waals surface area contributed by atoms with Gasteiger partial charge in [-0.1, -0.05) is 34.5 Å². The fourth-order valence-electron chi connectivity index (χ4n) is 4.91.